The van der Waals surface area contributed by atoms with E-state index in [0.29, 0.717) is 30.2 Å². The molecule has 9 unspecified atom stereocenters. The summed E-state index contributed by atoms with van der Waals surface area (Å²) in [5.74, 6) is 5.85. The number of anilines is 1. The Hall–Kier alpha value is -5.94. The van der Waals surface area contributed by atoms with Crippen LogP contribution in [0.4, 0.5) is 50.5 Å². The molecule has 6 rings (SSSR count). The lowest BCUT2D eigenvalue weighted by Crippen LogP contribution is -3.01. The normalized spacial score (nSPS) is 21.6. The highest BCUT2D eigenvalue weighted by Crippen LogP contribution is 2.44. The number of nitrogens with one attached hydrogen (secondary N) is 3. The minimum Gasteiger partial charge on any atom is -0.453 e. The van der Waals surface area contributed by atoms with Gasteiger partial charge in [0, 0.05) is 74.7 Å². The van der Waals surface area contributed by atoms with Gasteiger partial charge < -0.3 is 56.3 Å². The van der Waals surface area contributed by atoms with Crippen LogP contribution in [0.25, 0.3) is 5.57 Å². The molecule has 3 aliphatic heterocycles. The number of piperazine rings is 1. The highest BCUT2D eigenvalue weighted by atomic mass is 19.4. The van der Waals surface area contributed by atoms with Crippen molar-refractivity contribution in [2.75, 3.05) is 65.1 Å². The van der Waals surface area contributed by atoms with Crippen LogP contribution in [-0.2, 0) is 20.8 Å². The number of nitrogens with zero attached hydrogens (tertiary/aromatic N) is 4. The molecule has 1 aromatic heterocycles. The number of rotatable bonds is 19. The number of aliphatic imine (C=N–C) groups is 1. The summed E-state index contributed by atoms with van der Waals surface area (Å²) in [4.78, 5) is 38.4. The maximum absolute atomic E-state index is 16.6. The summed E-state index contributed by atoms with van der Waals surface area (Å²) >= 11 is 0. The largest absolute Gasteiger partial charge is 0.453 e. The number of halogens is 8. The predicted molar refractivity (Wildman–Crippen MR) is 277 cm³/mol. The minimum absolute atomic E-state index is 0.0628. The first-order chi connectivity index (χ1) is 36.6. The Morgan fingerprint density at radius 2 is 1.68 bits per heavy atom. The Kier molecular flexibility index (Phi) is 20.3. The zero-order chi connectivity index (χ0) is 57.3. The van der Waals surface area contributed by atoms with Gasteiger partial charge in [0.15, 0.2) is 6.04 Å². The SMILES string of the molecule is C=C(c1cc(C2=NC=CC(F)C2)cc(F)c1CNCC([OH2+])C(CC1C=CC(C#Cc2ccc(N3CCN4CCOCC4C3)nc2)=CC1)[NH2+]C(O)C(NC(=O)OC)C(C)(C)C(F)(F)F)C(N)C(NC(=O)OC)C(C)(C)C(F)(F)F. The van der Waals surface area contributed by atoms with Crippen molar-refractivity contribution in [2.24, 2.45) is 27.5 Å². The number of allylic oxidation sites excluding steroid dienone is 5. The minimum atomic E-state index is -4.94. The van der Waals surface area contributed by atoms with Crippen LogP contribution < -0.4 is 31.9 Å². The molecular formula is C54H71F8N9O7+2. The van der Waals surface area contributed by atoms with Crippen LogP contribution in [0.3, 0.4) is 0 Å². The van der Waals surface area contributed by atoms with Crippen LogP contribution in [0.1, 0.15) is 69.2 Å². The molecule has 2 amide bonds. The molecule has 2 aromatic rings. The fourth-order valence-electron chi connectivity index (χ4n) is 9.78. The lowest BCUT2D eigenvalue weighted by molar-refractivity contribution is -0.764. The van der Waals surface area contributed by atoms with Crippen molar-refractivity contribution in [3.05, 3.63) is 101 Å². The number of morpholine rings is 1. The second-order valence-electron chi connectivity index (χ2n) is 21.0. The molecule has 4 heterocycles. The standard InChI is InChI=1S/C54H69F8N9O7/c1-31(45(63)46(68-49(74)76-6)51(2,3)53(57,58)59)38-23-35(41-25-36(55)16-17-65-41)24-40(56)39(38)27-64-28-43(72)42(67-48(73)47(69-50(75)77-7)52(4,5)54(60,61)62)22-33-11-8-32(9-12-33)10-13-34-14-15-44(66-26-34)71-19-18-70-20-21-78-30-37(70)29-71/h8-9,11,14-17,23-24,26,33,36-37,42-43,45-48,64,67,72-73H,1,12,18-22,25,27-30,63H2,2-7H3,(H,68,74)(H,69,75)/p+2. The molecule has 0 radical (unpaired) electrons. The lowest BCUT2D eigenvalue weighted by Gasteiger charge is -2.44. The van der Waals surface area contributed by atoms with Crippen molar-refractivity contribution in [3.63, 3.8) is 0 Å². The fourth-order valence-corrected chi connectivity index (χ4v) is 9.78. The summed E-state index contributed by atoms with van der Waals surface area (Å²) in [7, 11) is 1.90. The highest BCUT2D eigenvalue weighted by molar-refractivity contribution is 6.02. The van der Waals surface area contributed by atoms with Gasteiger partial charge in [-0.2, -0.15) is 26.3 Å². The van der Waals surface area contributed by atoms with E-state index in [1.807, 2.05) is 24.3 Å². The number of pyridine rings is 1. The van der Waals surface area contributed by atoms with Gasteiger partial charge in [-0.1, -0.05) is 36.6 Å². The number of carbonyl (C=O) groups excluding carboxylic acids is 2. The quantitative estimate of drug-likeness (QED) is 0.0470. The Morgan fingerprint density at radius 3 is 2.29 bits per heavy atom. The Morgan fingerprint density at radius 1 is 1.00 bits per heavy atom. The van der Waals surface area contributed by atoms with Gasteiger partial charge in [0.1, 0.15) is 23.8 Å². The summed E-state index contributed by atoms with van der Waals surface area (Å²) in [5, 5.41) is 29.4. The zero-order valence-corrected chi connectivity index (χ0v) is 44.4. The summed E-state index contributed by atoms with van der Waals surface area (Å²) in [6, 6.07) is -0.142. The number of ether oxygens (including phenoxy) is 3. The highest BCUT2D eigenvalue weighted by Gasteiger charge is 2.58. The second-order valence-corrected chi connectivity index (χ2v) is 21.0. The predicted octanol–water partition coefficient (Wildman–Crippen LogP) is 5.13. The average molecular weight is 1110 g/mol. The van der Waals surface area contributed by atoms with E-state index < -0.39 is 90.4 Å². The van der Waals surface area contributed by atoms with Crippen LogP contribution in [0.15, 0.2) is 78.1 Å². The topological polar surface area (TPSA) is 215 Å². The van der Waals surface area contributed by atoms with Gasteiger partial charge in [-0.3, -0.25) is 9.89 Å². The molecule has 1 aromatic carbocycles. The van der Waals surface area contributed by atoms with E-state index in [1.54, 1.807) is 12.3 Å². The number of aliphatic hydroxyl groups is 1. The molecule has 78 heavy (non-hydrogen) atoms. The molecule has 2 fully saturated rings. The van der Waals surface area contributed by atoms with Gasteiger partial charge in [0.2, 0.25) is 12.3 Å². The first-order valence-electron chi connectivity index (χ1n) is 25.5. The molecule has 4 aliphatic rings. The molecule has 1 aliphatic carbocycles. The smallest absolute Gasteiger partial charge is 0.407 e. The maximum atomic E-state index is 16.6. The van der Waals surface area contributed by atoms with Gasteiger partial charge in [0.25, 0.3) is 0 Å². The third-order valence-corrected chi connectivity index (χ3v) is 15.1. The molecule has 2 saturated heterocycles. The number of aromatic nitrogens is 1. The Balaban J connectivity index is 1.23. The number of methoxy groups -OCH3 is 2. The van der Waals surface area contributed by atoms with E-state index in [4.69, 9.17) is 10.5 Å². The summed E-state index contributed by atoms with van der Waals surface area (Å²) in [6.07, 6.45) is -7.30. The number of hydrogen-bond donors (Lipinski definition) is 6. The zero-order valence-electron chi connectivity index (χ0n) is 44.4. The number of alkyl carbamates (subject to hydrolysis) is 2. The van der Waals surface area contributed by atoms with Crippen molar-refractivity contribution in [1.82, 2.24) is 25.8 Å². The van der Waals surface area contributed by atoms with Gasteiger partial charge >= 0.3 is 24.5 Å². The molecule has 0 spiro atoms. The van der Waals surface area contributed by atoms with E-state index in [1.165, 1.54) is 18.3 Å². The van der Waals surface area contributed by atoms with Crippen LogP contribution in [0.2, 0.25) is 0 Å². The number of alkyl halides is 7. The molecule has 428 valence electrons. The molecular weight excluding hydrogens is 1040 g/mol. The van der Waals surface area contributed by atoms with Gasteiger partial charge in [0.05, 0.1) is 68.6 Å². The summed E-state index contributed by atoms with van der Waals surface area (Å²) in [6.45, 7) is 11.4. The number of benzene rings is 1. The molecule has 16 nitrogen and oxygen atoms in total. The van der Waals surface area contributed by atoms with Gasteiger partial charge in [-0.25, -0.2) is 23.4 Å². The van der Waals surface area contributed by atoms with E-state index in [-0.39, 0.29) is 53.3 Å². The number of nitrogens with two attached hydrogens (primary N) is 2. The van der Waals surface area contributed by atoms with Crippen molar-refractivity contribution in [1.29, 1.82) is 0 Å². The fraction of sp³-hybridized carbons (Fsp3) is 0.556. The van der Waals surface area contributed by atoms with E-state index >= 15 is 4.39 Å². The Labute approximate surface area is 448 Å². The van der Waals surface area contributed by atoms with Crippen LogP contribution in [0, 0.1) is 34.4 Å². The number of aliphatic hydroxyl groups excluding tert-OH is 1. The Bertz CT molecular complexity index is 2630. The number of amides is 2. The number of hydrogen-bond acceptors (Lipinski definition) is 12. The van der Waals surface area contributed by atoms with E-state index in [9.17, 15) is 50.5 Å². The lowest BCUT2D eigenvalue weighted by atomic mass is 9.76. The molecule has 0 bridgehead atoms. The van der Waals surface area contributed by atoms with Crippen molar-refractivity contribution >= 4 is 29.3 Å². The molecule has 0 saturated carbocycles. The van der Waals surface area contributed by atoms with Crippen LogP contribution in [0.5, 0.6) is 0 Å². The van der Waals surface area contributed by atoms with E-state index in [0.717, 1.165) is 91.9 Å². The first-order valence-corrected chi connectivity index (χ1v) is 25.5. The maximum Gasteiger partial charge on any atom is 0.407 e. The average Bonchev–Trinajstić information content (AvgIpc) is 3.44. The molecule has 10 N–H and O–H groups in total. The van der Waals surface area contributed by atoms with Gasteiger partial charge in [-0.15, -0.1) is 0 Å². The first kappa shape index (κ1) is 61.3. The monoisotopic (exact) mass is 1110 g/mol. The second kappa shape index (κ2) is 25.9. The summed E-state index contributed by atoms with van der Waals surface area (Å²) < 4.78 is 133. The molecule has 24 heteroatoms. The van der Waals surface area contributed by atoms with Crippen LogP contribution in [-0.4, -0.2) is 159 Å². The van der Waals surface area contributed by atoms with Crippen molar-refractivity contribution < 1.29 is 74.5 Å². The van der Waals surface area contributed by atoms with Crippen LogP contribution >= 0.6 is 0 Å². The number of carbonyl (C=O) groups is 2. The van der Waals surface area contributed by atoms with E-state index in [2.05, 4.69) is 63.6 Å². The third-order valence-electron chi connectivity index (χ3n) is 15.1. The third kappa shape index (κ3) is 15.0. The molecule has 9 atom stereocenters. The van der Waals surface area contributed by atoms with Crippen molar-refractivity contribution in [3.8, 4) is 11.8 Å². The number of quaternary nitrogens is 1. The summed E-state index contributed by atoms with van der Waals surface area (Å²) in [5.41, 5.74) is 2.05. The van der Waals surface area contributed by atoms with Gasteiger partial charge in [-0.05, 0) is 87.1 Å². The number of fused-ring (bicyclic) bond motifs is 1. The van der Waals surface area contributed by atoms with Crippen molar-refractivity contribution in [2.45, 2.75) is 115 Å².